The summed E-state index contributed by atoms with van der Waals surface area (Å²) in [4.78, 5) is 10.9. The second-order valence-electron chi connectivity index (χ2n) is 4.24. The molecule has 92 valence electrons. The molecule has 0 N–H and O–H groups in total. The van der Waals surface area contributed by atoms with Crippen LogP contribution in [0.2, 0.25) is 0 Å². The molecule has 2 heterocycles. The second kappa shape index (κ2) is 5.14. The predicted molar refractivity (Wildman–Crippen MR) is 69.4 cm³/mol. The molecule has 18 heavy (non-hydrogen) atoms. The Morgan fingerprint density at radius 1 is 1.06 bits per heavy atom. The number of morpholine rings is 1. The Balaban J connectivity index is 1.92. The molecule has 1 aliphatic heterocycles. The highest BCUT2D eigenvalue weighted by atomic mass is 16.5. The fourth-order valence-electron chi connectivity index (χ4n) is 2.23. The highest BCUT2D eigenvalue weighted by Crippen LogP contribution is 2.26. The van der Waals surface area contributed by atoms with Gasteiger partial charge in [-0.1, -0.05) is 30.3 Å². The van der Waals surface area contributed by atoms with Crippen molar-refractivity contribution in [3.05, 3.63) is 54.4 Å². The van der Waals surface area contributed by atoms with Gasteiger partial charge >= 0.3 is 0 Å². The Morgan fingerprint density at radius 3 is 2.61 bits per heavy atom. The van der Waals surface area contributed by atoms with Gasteiger partial charge in [-0.3, -0.25) is 0 Å². The normalized spacial score (nSPS) is 19.8. The summed E-state index contributed by atoms with van der Waals surface area (Å²) in [6.45, 7) is 2.23. The summed E-state index contributed by atoms with van der Waals surface area (Å²) in [5, 5.41) is 0. The number of benzene rings is 1. The molecule has 4 nitrogen and oxygen atoms in total. The van der Waals surface area contributed by atoms with Gasteiger partial charge in [-0.05, 0) is 11.6 Å². The van der Waals surface area contributed by atoms with Gasteiger partial charge in [0.1, 0.15) is 0 Å². The van der Waals surface area contributed by atoms with Gasteiger partial charge in [0.05, 0.1) is 19.3 Å². The molecule has 0 radical (unpaired) electrons. The molecular weight excluding hydrogens is 226 g/mol. The average Bonchev–Trinajstić information content (AvgIpc) is 2.49. The predicted octanol–water partition coefficient (Wildman–Crippen LogP) is 2.05. The molecule has 1 aliphatic rings. The molecule has 1 saturated heterocycles. The van der Waals surface area contributed by atoms with Crippen LogP contribution in [0.25, 0.3) is 0 Å². The highest BCUT2D eigenvalue weighted by molar-refractivity contribution is 5.36. The molecule has 0 saturated carbocycles. The third kappa shape index (κ3) is 2.19. The van der Waals surface area contributed by atoms with Crippen LogP contribution in [0.3, 0.4) is 0 Å². The van der Waals surface area contributed by atoms with Gasteiger partial charge in [-0.15, -0.1) is 0 Å². The van der Waals surface area contributed by atoms with Crippen molar-refractivity contribution in [2.75, 3.05) is 24.7 Å². The minimum absolute atomic E-state index is 0.197. The fourth-order valence-corrected chi connectivity index (χ4v) is 2.23. The minimum Gasteiger partial charge on any atom is -0.377 e. The van der Waals surface area contributed by atoms with Crippen molar-refractivity contribution >= 4 is 5.95 Å². The van der Waals surface area contributed by atoms with Crippen molar-refractivity contribution in [3.8, 4) is 0 Å². The molecule has 1 atom stereocenters. The van der Waals surface area contributed by atoms with Gasteiger partial charge in [0.25, 0.3) is 0 Å². The number of anilines is 1. The van der Waals surface area contributed by atoms with E-state index in [2.05, 4.69) is 27.0 Å². The molecule has 0 bridgehead atoms. The maximum Gasteiger partial charge on any atom is 0.225 e. The van der Waals surface area contributed by atoms with Crippen molar-refractivity contribution in [1.29, 1.82) is 0 Å². The van der Waals surface area contributed by atoms with E-state index in [1.807, 2.05) is 24.3 Å². The first-order valence-corrected chi connectivity index (χ1v) is 6.11. The topological polar surface area (TPSA) is 38.2 Å². The van der Waals surface area contributed by atoms with E-state index in [4.69, 9.17) is 4.74 Å². The molecule has 0 aliphatic carbocycles. The van der Waals surface area contributed by atoms with Crippen LogP contribution in [0.5, 0.6) is 0 Å². The summed E-state index contributed by atoms with van der Waals surface area (Å²) >= 11 is 0. The molecule has 0 spiro atoms. The minimum atomic E-state index is 0.197. The molecular formula is C14H15N3O. The van der Waals surface area contributed by atoms with E-state index in [-0.39, 0.29) is 6.04 Å². The van der Waals surface area contributed by atoms with Crippen molar-refractivity contribution < 1.29 is 4.74 Å². The largest absolute Gasteiger partial charge is 0.377 e. The zero-order valence-electron chi connectivity index (χ0n) is 10.1. The summed E-state index contributed by atoms with van der Waals surface area (Å²) in [7, 11) is 0. The van der Waals surface area contributed by atoms with Crippen LogP contribution in [0.15, 0.2) is 48.8 Å². The zero-order valence-corrected chi connectivity index (χ0v) is 10.1. The van der Waals surface area contributed by atoms with Crippen LogP contribution >= 0.6 is 0 Å². The van der Waals surface area contributed by atoms with Crippen LogP contribution in [0.1, 0.15) is 11.6 Å². The third-order valence-corrected chi connectivity index (χ3v) is 3.12. The van der Waals surface area contributed by atoms with Crippen LogP contribution in [0, 0.1) is 0 Å². The Morgan fingerprint density at radius 2 is 1.83 bits per heavy atom. The molecule has 1 aromatic carbocycles. The van der Waals surface area contributed by atoms with E-state index >= 15 is 0 Å². The van der Waals surface area contributed by atoms with Crippen LogP contribution in [0.4, 0.5) is 5.95 Å². The fraction of sp³-hybridized carbons (Fsp3) is 0.286. The van der Waals surface area contributed by atoms with Gasteiger partial charge in [-0.2, -0.15) is 0 Å². The lowest BCUT2D eigenvalue weighted by Crippen LogP contribution is -2.40. The zero-order chi connectivity index (χ0) is 12.2. The van der Waals surface area contributed by atoms with E-state index in [0.29, 0.717) is 6.61 Å². The molecule has 2 aromatic rings. The SMILES string of the molecule is c1ccc(C2COCCN2c2ncccn2)cc1. The number of rotatable bonds is 2. The van der Waals surface area contributed by atoms with Crippen LogP contribution < -0.4 is 4.90 Å². The average molecular weight is 241 g/mol. The third-order valence-electron chi connectivity index (χ3n) is 3.12. The van der Waals surface area contributed by atoms with E-state index in [1.165, 1.54) is 5.56 Å². The van der Waals surface area contributed by atoms with E-state index in [0.717, 1.165) is 19.1 Å². The van der Waals surface area contributed by atoms with E-state index < -0.39 is 0 Å². The summed E-state index contributed by atoms with van der Waals surface area (Å²) in [5.41, 5.74) is 1.24. The summed E-state index contributed by atoms with van der Waals surface area (Å²) in [6.07, 6.45) is 3.56. The first-order valence-electron chi connectivity index (χ1n) is 6.11. The van der Waals surface area contributed by atoms with Gasteiger partial charge < -0.3 is 9.64 Å². The first kappa shape index (κ1) is 11.2. The Bertz CT molecular complexity index is 441. The highest BCUT2D eigenvalue weighted by Gasteiger charge is 2.26. The number of nitrogens with zero attached hydrogens (tertiary/aromatic N) is 3. The molecule has 1 unspecified atom stereocenters. The van der Waals surface area contributed by atoms with E-state index in [1.54, 1.807) is 12.4 Å². The molecule has 4 heteroatoms. The Hall–Kier alpha value is -1.94. The Labute approximate surface area is 106 Å². The number of ether oxygens (including phenoxy) is 1. The van der Waals surface area contributed by atoms with E-state index in [9.17, 15) is 0 Å². The lowest BCUT2D eigenvalue weighted by molar-refractivity contribution is 0.0932. The monoisotopic (exact) mass is 241 g/mol. The van der Waals surface area contributed by atoms with Crippen LogP contribution in [-0.2, 0) is 4.74 Å². The van der Waals surface area contributed by atoms with Crippen molar-refractivity contribution in [1.82, 2.24) is 9.97 Å². The molecule has 0 amide bonds. The summed E-state index contributed by atoms with van der Waals surface area (Å²) < 4.78 is 5.59. The maximum atomic E-state index is 5.59. The van der Waals surface area contributed by atoms with Crippen molar-refractivity contribution in [3.63, 3.8) is 0 Å². The molecule has 1 fully saturated rings. The molecule has 3 rings (SSSR count). The lowest BCUT2D eigenvalue weighted by atomic mass is 10.1. The van der Waals surface area contributed by atoms with Gasteiger partial charge in [0.15, 0.2) is 0 Å². The van der Waals surface area contributed by atoms with Crippen LogP contribution in [-0.4, -0.2) is 29.7 Å². The van der Waals surface area contributed by atoms with Crippen molar-refractivity contribution in [2.45, 2.75) is 6.04 Å². The number of hydrogen-bond donors (Lipinski definition) is 0. The second-order valence-corrected chi connectivity index (χ2v) is 4.24. The first-order chi connectivity index (χ1) is 8.95. The Kier molecular flexibility index (Phi) is 3.19. The lowest BCUT2D eigenvalue weighted by Gasteiger charge is -2.35. The number of hydrogen-bond acceptors (Lipinski definition) is 4. The molecule has 1 aromatic heterocycles. The standard InChI is InChI=1S/C14H15N3O/c1-2-5-12(6-3-1)13-11-18-10-9-17(13)14-15-7-4-8-16-14/h1-8,13H,9-11H2. The van der Waals surface area contributed by atoms with Gasteiger partial charge in [0.2, 0.25) is 5.95 Å². The van der Waals surface area contributed by atoms with Crippen molar-refractivity contribution in [2.24, 2.45) is 0 Å². The quantitative estimate of drug-likeness (QED) is 0.806. The summed E-state index contributed by atoms with van der Waals surface area (Å²) in [5.74, 6) is 0.773. The van der Waals surface area contributed by atoms with Gasteiger partial charge in [-0.25, -0.2) is 9.97 Å². The summed E-state index contributed by atoms with van der Waals surface area (Å²) in [6, 6.07) is 12.4. The number of aromatic nitrogens is 2. The maximum absolute atomic E-state index is 5.59. The van der Waals surface area contributed by atoms with Gasteiger partial charge in [0, 0.05) is 18.9 Å². The smallest absolute Gasteiger partial charge is 0.225 e.